The highest BCUT2D eigenvalue weighted by Crippen LogP contribution is 2.36. The third-order valence-corrected chi connectivity index (χ3v) is 4.52. The van der Waals surface area contributed by atoms with E-state index in [1.54, 1.807) is 18.7 Å². The Balaban J connectivity index is 2.17. The van der Waals surface area contributed by atoms with Crippen LogP contribution in [0.15, 0.2) is 34.3 Å². The minimum atomic E-state index is 0.236. The van der Waals surface area contributed by atoms with Crippen molar-refractivity contribution in [3.05, 3.63) is 39.5 Å². The molecule has 102 valence electrons. The first kappa shape index (κ1) is 12.9. The molecule has 0 saturated carbocycles. The van der Waals surface area contributed by atoms with Gasteiger partial charge >= 0.3 is 0 Å². The minimum Gasteiger partial charge on any atom is -0.493 e. The van der Waals surface area contributed by atoms with Crippen molar-refractivity contribution < 1.29 is 5.11 Å². The van der Waals surface area contributed by atoms with Crippen molar-refractivity contribution >= 4 is 34.4 Å². The van der Waals surface area contributed by atoms with Crippen LogP contribution in [0.25, 0.3) is 11.6 Å². The second-order valence-corrected chi connectivity index (χ2v) is 5.64. The van der Waals surface area contributed by atoms with E-state index >= 15 is 0 Å². The van der Waals surface area contributed by atoms with Gasteiger partial charge in [0.1, 0.15) is 0 Å². The summed E-state index contributed by atoms with van der Waals surface area (Å²) < 4.78 is 1.68. The lowest BCUT2D eigenvalue weighted by Crippen LogP contribution is -2.08. The van der Waals surface area contributed by atoms with Crippen LogP contribution < -0.4 is 4.80 Å². The molecule has 0 aliphatic carbocycles. The van der Waals surface area contributed by atoms with E-state index < -0.39 is 0 Å². The number of aromatic nitrogens is 1. The summed E-state index contributed by atoms with van der Waals surface area (Å²) in [6.07, 6.45) is 1.99. The lowest BCUT2D eigenvalue weighted by molar-refractivity contribution is 0.427. The predicted molar refractivity (Wildman–Crippen MR) is 83.5 cm³/mol. The summed E-state index contributed by atoms with van der Waals surface area (Å²) in [5.41, 5.74) is 4.12. The molecule has 0 saturated heterocycles. The van der Waals surface area contributed by atoms with Gasteiger partial charge < -0.3 is 5.11 Å². The molecule has 0 amide bonds. The molecule has 20 heavy (non-hydrogen) atoms. The van der Waals surface area contributed by atoms with Crippen molar-refractivity contribution in [2.45, 2.75) is 6.92 Å². The first-order valence-corrected chi connectivity index (χ1v) is 7.12. The van der Waals surface area contributed by atoms with E-state index in [9.17, 15) is 5.11 Å². The largest absolute Gasteiger partial charge is 0.493 e. The second kappa shape index (κ2) is 4.76. The van der Waals surface area contributed by atoms with Crippen LogP contribution in [0.4, 0.5) is 5.69 Å². The zero-order valence-corrected chi connectivity index (χ0v) is 12.4. The fourth-order valence-corrected chi connectivity index (χ4v) is 3.22. The van der Waals surface area contributed by atoms with Crippen LogP contribution in [-0.4, -0.2) is 22.4 Å². The molecule has 3 rings (SSSR count). The summed E-state index contributed by atoms with van der Waals surface area (Å²) in [7, 11) is 3.53. The molecule has 1 aliphatic heterocycles. The van der Waals surface area contributed by atoms with E-state index in [2.05, 4.69) is 16.1 Å². The minimum absolute atomic E-state index is 0.236. The van der Waals surface area contributed by atoms with Crippen molar-refractivity contribution in [1.29, 1.82) is 0 Å². The zero-order chi connectivity index (χ0) is 14.3. The molecule has 0 atom stereocenters. The van der Waals surface area contributed by atoms with E-state index in [-0.39, 0.29) is 5.88 Å². The summed E-state index contributed by atoms with van der Waals surface area (Å²) in [5, 5.41) is 10.2. The first-order chi connectivity index (χ1) is 9.61. The molecule has 1 aliphatic rings. The zero-order valence-electron chi connectivity index (χ0n) is 11.6. The van der Waals surface area contributed by atoms with Crippen molar-refractivity contribution in [1.82, 2.24) is 4.57 Å². The maximum absolute atomic E-state index is 10.2. The van der Waals surface area contributed by atoms with E-state index in [0.29, 0.717) is 0 Å². The van der Waals surface area contributed by atoms with Gasteiger partial charge in [-0.3, -0.25) is 14.6 Å². The molecule has 0 radical (unpaired) electrons. The number of allylic oxidation sites excluding steroid dienone is 1. The Morgan fingerprint density at radius 3 is 2.80 bits per heavy atom. The monoisotopic (exact) mass is 285 g/mol. The molecular weight excluding hydrogens is 270 g/mol. The number of nitrogens with zero attached hydrogens (tertiary/aromatic N) is 3. The number of hydrogen-bond donors (Lipinski definition) is 1. The van der Waals surface area contributed by atoms with Crippen LogP contribution in [0.1, 0.15) is 17.4 Å². The molecule has 1 aromatic heterocycles. The van der Waals surface area contributed by atoms with Crippen LogP contribution >= 0.6 is 11.3 Å². The molecule has 0 unspecified atom stereocenters. The number of hydrogen-bond acceptors (Lipinski definition) is 4. The smallest absolute Gasteiger partial charge is 0.210 e. The van der Waals surface area contributed by atoms with Gasteiger partial charge in [0, 0.05) is 30.9 Å². The van der Waals surface area contributed by atoms with Gasteiger partial charge in [-0.1, -0.05) is 29.5 Å². The maximum atomic E-state index is 10.2. The van der Waals surface area contributed by atoms with Crippen molar-refractivity contribution in [2.75, 3.05) is 7.05 Å². The normalized spacial score (nSPS) is 16.6. The third-order valence-electron chi connectivity index (χ3n) is 3.37. The number of fused-ring (bicyclic) bond motifs is 1. The number of rotatable bonds is 1. The van der Waals surface area contributed by atoms with Crippen LogP contribution in [0.5, 0.6) is 5.88 Å². The topological polar surface area (TPSA) is 49.9 Å². The summed E-state index contributed by atoms with van der Waals surface area (Å²) >= 11 is 1.46. The molecule has 2 heterocycles. The van der Waals surface area contributed by atoms with Gasteiger partial charge in [-0.05, 0) is 19.1 Å². The first-order valence-electron chi connectivity index (χ1n) is 6.30. The van der Waals surface area contributed by atoms with Gasteiger partial charge in [0.05, 0.1) is 10.6 Å². The van der Waals surface area contributed by atoms with Gasteiger partial charge in [0.15, 0.2) is 4.80 Å². The molecule has 4 nitrogen and oxygen atoms in total. The number of aromatic hydroxyl groups is 1. The number of aliphatic imine (C=N–C) groups is 1. The fraction of sp³-hybridized carbons (Fsp3) is 0.200. The Morgan fingerprint density at radius 2 is 2.10 bits per heavy atom. The molecule has 0 spiro atoms. The summed E-state index contributed by atoms with van der Waals surface area (Å²) in [6.45, 7) is 1.99. The predicted octanol–water partition coefficient (Wildman–Crippen LogP) is 2.97. The van der Waals surface area contributed by atoms with E-state index in [1.165, 1.54) is 11.3 Å². The standard InChI is InChI=1S/C15H15N3OS/c1-9-11(10-6-4-5-7-12(10)17-9)8-13-14(19)18(3)15(16-2)20-13/h4-8,19H,1-3H3. The van der Waals surface area contributed by atoms with Crippen LogP contribution in [0, 0.1) is 0 Å². The Labute approximate surface area is 121 Å². The van der Waals surface area contributed by atoms with Gasteiger partial charge in [-0.15, -0.1) is 0 Å². The number of benzene rings is 1. The lowest BCUT2D eigenvalue weighted by Gasteiger charge is -2.01. The van der Waals surface area contributed by atoms with E-state index in [1.807, 2.05) is 31.2 Å². The maximum Gasteiger partial charge on any atom is 0.210 e. The Kier molecular flexibility index (Phi) is 3.06. The lowest BCUT2D eigenvalue weighted by atomic mass is 10.0. The summed E-state index contributed by atoms with van der Waals surface area (Å²) in [4.78, 5) is 10.3. The average molecular weight is 285 g/mol. The van der Waals surface area contributed by atoms with Gasteiger partial charge in [0.25, 0.3) is 0 Å². The van der Waals surface area contributed by atoms with Crippen molar-refractivity contribution in [3.8, 4) is 5.88 Å². The van der Waals surface area contributed by atoms with E-state index in [4.69, 9.17) is 0 Å². The third kappa shape index (κ3) is 1.91. The fourth-order valence-electron chi connectivity index (χ4n) is 2.31. The molecule has 1 aromatic carbocycles. The van der Waals surface area contributed by atoms with Crippen LogP contribution in [0.3, 0.4) is 0 Å². The molecular formula is C15H15N3OS. The molecule has 0 bridgehead atoms. The highest BCUT2D eigenvalue weighted by molar-refractivity contribution is 7.10. The van der Waals surface area contributed by atoms with Crippen LogP contribution in [0.2, 0.25) is 0 Å². The van der Waals surface area contributed by atoms with Crippen molar-refractivity contribution in [3.63, 3.8) is 0 Å². The highest BCUT2D eigenvalue weighted by atomic mass is 32.1. The Morgan fingerprint density at radius 1 is 1.35 bits per heavy atom. The molecule has 0 fully saturated rings. The van der Waals surface area contributed by atoms with Gasteiger partial charge in [-0.25, -0.2) is 0 Å². The quantitative estimate of drug-likeness (QED) is 0.860. The average Bonchev–Trinajstić information content (AvgIpc) is 2.91. The van der Waals surface area contributed by atoms with Gasteiger partial charge in [-0.2, -0.15) is 0 Å². The second-order valence-electron chi connectivity index (χ2n) is 4.63. The van der Waals surface area contributed by atoms with Gasteiger partial charge in [0.2, 0.25) is 5.88 Å². The molecule has 1 N–H and O–H groups in total. The number of thiazole rings is 1. The SMILES string of the molecule is CN=c1sc(C=C2C(C)=Nc3ccccc32)c(O)n1C. The van der Waals surface area contributed by atoms with Crippen molar-refractivity contribution in [2.24, 2.45) is 17.0 Å². The number of para-hydroxylation sites is 1. The van der Waals surface area contributed by atoms with E-state index in [0.717, 1.165) is 32.2 Å². The molecule has 5 heteroatoms. The van der Waals surface area contributed by atoms with Crippen LogP contribution in [-0.2, 0) is 7.05 Å². The Hall–Kier alpha value is -2.14. The molecule has 2 aromatic rings. The summed E-state index contributed by atoms with van der Waals surface area (Å²) in [6, 6.07) is 8.04. The highest BCUT2D eigenvalue weighted by Gasteiger charge is 2.18. The summed E-state index contributed by atoms with van der Waals surface area (Å²) in [5.74, 6) is 0.236. The Bertz CT molecular complexity index is 809.